The van der Waals surface area contributed by atoms with Crippen LogP contribution < -0.4 is 4.72 Å². The standard InChI is InChI=1S/C18H22ClNO2S/c1-11-6-7-16(12(2)8-11)15(5)20-23(21,22)18-10-13(3)17(19)9-14(18)4/h6-10,15,20H,1-5H3. The van der Waals surface area contributed by atoms with Crippen LogP contribution in [-0.4, -0.2) is 8.42 Å². The summed E-state index contributed by atoms with van der Waals surface area (Å²) in [6.07, 6.45) is 0. The lowest BCUT2D eigenvalue weighted by molar-refractivity contribution is 0.566. The van der Waals surface area contributed by atoms with Crippen LogP contribution >= 0.6 is 11.6 Å². The predicted octanol–water partition coefficient (Wildman–Crippen LogP) is 4.61. The van der Waals surface area contributed by atoms with Crippen molar-refractivity contribution in [2.75, 3.05) is 0 Å². The van der Waals surface area contributed by atoms with Gasteiger partial charge in [-0.25, -0.2) is 13.1 Å². The van der Waals surface area contributed by atoms with Crippen molar-refractivity contribution in [3.8, 4) is 0 Å². The Morgan fingerprint density at radius 2 is 1.61 bits per heavy atom. The highest BCUT2D eigenvalue weighted by Gasteiger charge is 2.22. The van der Waals surface area contributed by atoms with E-state index >= 15 is 0 Å². The molecule has 0 bridgehead atoms. The maximum Gasteiger partial charge on any atom is 0.241 e. The first-order valence-electron chi connectivity index (χ1n) is 7.48. The van der Waals surface area contributed by atoms with E-state index in [1.807, 2.05) is 32.9 Å². The molecule has 1 unspecified atom stereocenters. The van der Waals surface area contributed by atoms with Crippen molar-refractivity contribution < 1.29 is 8.42 Å². The minimum atomic E-state index is -3.61. The van der Waals surface area contributed by atoms with Gasteiger partial charge in [-0.3, -0.25) is 0 Å². The fourth-order valence-corrected chi connectivity index (χ4v) is 4.47. The molecular weight excluding hydrogens is 330 g/mol. The van der Waals surface area contributed by atoms with Crippen molar-refractivity contribution in [2.45, 2.75) is 45.6 Å². The van der Waals surface area contributed by atoms with E-state index in [9.17, 15) is 8.42 Å². The molecule has 0 aromatic heterocycles. The molecule has 0 aliphatic heterocycles. The first kappa shape index (κ1) is 18.0. The summed E-state index contributed by atoms with van der Waals surface area (Å²) in [5, 5.41) is 0.573. The smallest absolute Gasteiger partial charge is 0.207 e. The molecule has 0 radical (unpaired) electrons. The van der Waals surface area contributed by atoms with Gasteiger partial charge in [0.2, 0.25) is 10.0 Å². The molecule has 2 aromatic carbocycles. The Balaban J connectivity index is 2.36. The Morgan fingerprint density at radius 1 is 0.957 bits per heavy atom. The molecule has 0 saturated heterocycles. The van der Waals surface area contributed by atoms with Crippen molar-refractivity contribution >= 4 is 21.6 Å². The van der Waals surface area contributed by atoms with Crippen molar-refractivity contribution in [3.05, 3.63) is 63.2 Å². The van der Waals surface area contributed by atoms with Crippen LogP contribution in [0.3, 0.4) is 0 Å². The lowest BCUT2D eigenvalue weighted by Crippen LogP contribution is -2.28. The SMILES string of the molecule is Cc1ccc(C(C)NS(=O)(=O)c2cc(C)c(Cl)cc2C)c(C)c1. The molecule has 124 valence electrons. The largest absolute Gasteiger partial charge is 0.241 e. The van der Waals surface area contributed by atoms with Gasteiger partial charge in [0.05, 0.1) is 4.90 Å². The minimum absolute atomic E-state index is 0.274. The fourth-order valence-electron chi connectivity index (χ4n) is 2.72. The van der Waals surface area contributed by atoms with Crippen LogP contribution in [0.25, 0.3) is 0 Å². The van der Waals surface area contributed by atoms with Crippen LogP contribution in [0.15, 0.2) is 35.2 Å². The molecule has 1 N–H and O–H groups in total. The van der Waals surface area contributed by atoms with E-state index in [2.05, 4.69) is 10.8 Å². The number of rotatable bonds is 4. The summed E-state index contributed by atoms with van der Waals surface area (Å²) in [5.74, 6) is 0. The summed E-state index contributed by atoms with van der Waals surface area (Å²) in [6, 6.07) is 9.01. The van der Waals surface area contributed by atoms with Crippen LogP contribution in [0, 0.1) is 27.7 Å². The molecule has 2 rings (SSSR count). The Morgan fingerprint density at radius 3 is 2.22 bits per heavy atom. The molecule has 5 heteroatoms. The van der Waals surface area contributed by atoms with E-state index < -0.39 is 10.0 Å². The molecule has 0 heterocycles. The number of hydrogen-bond acceptors (Lipinski definition) is 2. The quantitative estimate of drug-likeness (QED) is 0.874. The van der Waals surface area contributed by atoms with Gasteiger partial charge in [0.15, 0.2) is 0 Å². The highest BCUT2D eigenvalue weighted by atomic mass is 35.5. The number of benzene rings is 2. The molecule has 0 amide bonds. The third kappa shape index (κ3) is 3.94. The number of sulfonamides is 1. The third-order valence-electron chi connectivity index (χ3n) is 3.97. The molecule has 0 aliphatic rings. The van der Waals surface area contributed by atoms with Crippen LogP contribution in [0.5, 0.6) is 0 Å². The molecule has 0 saturated carbocycles. The van der Waals surface area contributed by atoms with Gasteiger partial charge >= 0.3 is 0 Å². The van der Waals surface area contributed by atoms with E-state index in [-0.39, 0.29) is 10.9 Å². The van der Waals surface area contributed by atoms with Gasteiger partial charge in [-0.1, -0.05) is 35.4 Å². The third-order valence-corrected chi connectivity index (χ3v) is 6.06. The average Bonchev–Trinajstić information content (AvgIpc) is 2.41. The maximum absolute atomic E-state index is 12.7. The molecule has 2 aromatic rings. The summed E-state index contributed by atoms with van der Waals surface area (Å²) in [5.41, 5.74) is 4.59. The van der Waals surface area contributed by atoms with Crippen LogP contribution in [-0.2, 0) is 10.0 Å². The van der Waals surface area contributed by atoms with Crippen molar-refractivity contribution in [1.82, 2.24) is 4.72 Å². The normalized spacial score (nSPS) is 13.1. The summed E-state index contributed by atoms with van der Waals surface area (Å²) in [4.78, 5) is 0.274. The second-order valence-electron chi connectivity index (χ2n) is 6.07. The molecule has 1 atom stereocenters. The van der Waals surface area contributed by atoms with E-state index in [0.29, 0.717) is 10.6 Å². The highest BCUT2D eigenvalue weighted by Crippen LogP contribution is 2.26. The summed E-state index contributed by atoms with van der Waals surface area (Å²) in [7, 11) is -3.61. The minimum Gasteiger partial charge on any atom is -0.207 e. The van der Waals surface area contributed by atoms with Gasteiger partial charge in [-0.15, -0.1) is 0 Å². The van der Waals surface area contributed by atoms with E-state index in [1.165, 1.54) is 0 Å². The lowest BCUT2D eigenvalue weighted by atomic mass is 10.0. The summed E-state index contributed by atoms with van der Waals surface area (Å²) >= 11 is 6.06. The maximum atomic E-state index is 12.7. The first-order valence-corrected chi connectivity index (χ1v) is 9.34. The Kier molecular flexibility index (Phi) is 5.19. The van der Waals surface area contributed by atoms with Crippen LogP contribution in [0.1, 0.15) is 40.8 Å². The molecular formula is C18H22ClNO2S. The molecule has 0 aliphatic carbocycles. The van der Waals surface area contributed by atoms with E-state index in [4.69, 9.17) is 11.6 Å². The topological polar surface area (TPSA) is 46.2 Å². The molecule has 0 spiro atoms. The van der Waals surface area contributed by atoms with Gasteiger partial charge in [0, 0.05) is 11.1 Å². The second-order valence-corrected chi connectivity index (χ2v) is 8.16. The number of halogens is 1. The van der Waals surface area contributed by atoms with Crippen molar-refractivity contribution in [3.63, 3.8) is 0 Å². The zero-order valence-corrected chi connectivity index (χ0v) is 15.6. The summed E-state index contributed by atoms with van der Waals surface area (Å²) in [6.45, 7) is 9.42. The number of nitrogens with one attached hydrogen (secondary N) is 1. The predicted molar refractivity (Wildman–Crippen MR) is 95.6 cm³/mol. The Bertz CT molecular complexity index is 844. The molecule has 23 heavy (non-hydrogen) atoms. The average molecular weight is 352 g/mol. The number of aryl methyl sites for hydroxylation is 4. The van der Waals surface area contributed by atoms with Crippen LogP contribution in [0.2, 0.25) is 5.02 Å². The fraction of sp³-hybridized carbons (Fsp3) is 0.333. The number of hydrogen-bond donors (Lipinski definition) is 1. The monoisotopic (exact) mass is 351 g/mol. The van der Waals surface area contributed by atoms with E-state index in [0.717, 1.165) is 22.3 Å². The summed E-state index contributed by atoms with van der Waals surface area (Å²) < 4.78 is 28.2. The van der Waals surface area contributed by atoms with Crippen molar-refractivity contribution in [2.24, 2.45) is 0 Å². The van der Waals surface area contributed by atoms with Gasteiger partial charge in [0.25, 0.3) is 0 Å². The lowest BCUT2D eigenvalue weighted by Gasteiger charge is -2.18. The highest BCUT2D eigenvalue weighted by molar-refractivity contribution is 7.89. The molecule has 3 nitrogen and oxygen atoms in total. The zero-order valence-electron chi connectivity index (χ0n) is 14.1. The van der Waals surface area contributed by atoms with Crippen LogP contribution in [0.4, 0.5) is 0 Å². The van der Waals surface area contributed by atoms with Gasteiger partial charge < -0.3 is 0 Å². The molecule has 0 fully saturated rings. The van der Waals surface area contributed by atoms with Gasteiger partial charge in [-0.2, -0.15) is 0 Å². The van der Waals surface area contributed by atoms with Crippen molar-refractivity contribution in [1.29, 1.82) is 0 Å². The first-order chi connectivity index (χ1) is 10.6. The Labute approximate surface area is 143 Å². The zero-order chi connectivity index (χ0) is 17.4. The van der Waals surface area contributed by atoms with Gasteiger partial charge in [-0.05, 0) is 69.0 Å². The van der Waals surface area contributed by atoms with Gasteiger partial charge in [0.1, 0.15) is 0 Å². The second kappa shape index (κ2) is 6.63. The Hall–Kier alpha value is -1.36. The van der Waals surface area contributed by atoms with E-state index in [1.54, 1.807) is 26.0 Å².